The Morgan fingerprint density at radius 2 is 1.50 bits per heavy atom. The fourth-order valence-electron chi connectivity index (χ4n) is 2.07. The maximum absolute atomic E-state index is 11.0. The first-order valence-electron chi connectivity index (χ1n) is 6.19. The third-order valence-electron chi connectivity index (χ3n) is 3.19. The van der Waals surface area contributed by atoms with E-state index in [1.54, 1.807) is 6.07 Å². The molecule has 0 saturated carbocycles. The van der Waals surface area contributed by atoms with Crippen LogP contribution in [0.1, 0.15) is 15.9 Å². The van der Waals surface area contributed by atoms with Gasteiger partial charge in [-0.25, -0.2) is 0 Å². The molecule has 8 heteroatoms. The van der Waals surface area contributed by atoms with Crippen LogP contribution in [-0.2, 0) is 6.54 Å². The molecule has 2 aromatic rings. The van der Waals surface area contributed by atoms with Gasteiger partial charge in [-0.1, -0.05) is 18.2 Å². The van der Waals surface area contributed by atoms with Crippen molar-refractivity contribution in [3.8, 4) is 11.1 Å². The summed E-state index contributed by atoms with van der Waals surface area (Å²) >= 11 is 0. The Balaban J connectivity index is 2.59. The van der Waals surface area contributed by atoms with E-state index in [1.807, 2.05) is 0 Å². The van der Waals surface area contributed by atoms with Crippen molar-refractivity contribution in [1.82, 2.24) is 0 Å². The summed E-state index contributed by atoms with van der Waals surface area (Å²) in [6.07, 6.45) is 0.391. The van der Waals surface area contributed by atoms with Crippen LogP contribution in [0.3, 0.4) is 0 Å². The molecular formula is C14H11N3O5. The molecule has 2 aromatic carbocycles. The zero-order chi connectivity index (χ0) is 16.3. The number of hydrogen-bond acceptors (Lipinski definition) is 6. The van der Waals surface area contributed by atoms with Crippen LogP contribution >= 0.6 is 0 Å². The van der Waals surface area contributed by atoms with E-state index in [4.69, 9.17) is 5.73 Å². The lowest BCUT2D eigenvalue weighted by molar-refractivity contribution is -0.385. The standard InChI is InChI=1S/C14H11N3O5/c15-7-11-3-1-9(5-13(11)16(19)20)10-2-4-12(8-18)14(6-10)17(21)22/h1-6,8H,7,15H2. The highest BCUT2D eigenvalue weighted by molar-refractivity contribution is 5.84. The van der Waals surface area contributed by atoms with Gasteiger partial charge in [0.2, 0.25) is 0 Å². The summed E-state index contributed by atoms with van der Waals surface area (Å²) in [5, 5.41) is 22.0. The molecule has 0 heterocycles. The predicted octanol–water partition coefficient (Wildman–Crippen LogP) is 2.44. The van der Waals surface area contributed by atoms with Gasteiger partial charge < -0.3 is 5.73 Å². The fourth-order valence-corrected chi connectivity index (χ4v) is 2.07. The van der Waals surface area contributed by atoms with Crippen LogP contribution in [0.15, 0.2) is 36.4 Å². The smallest absolute Gasteiger partial charge is 0.280 e. The SMILES string of the molecule is NCc1ccc(-c2ccc(C=O)c([N+](=O)[O-])c2)cc1[N+](=O)[O-]. The number of rotatable bonds is 5. The summed E-state index contributed by atoms with van der Waals surface area (Å²) in [7, 11) is 0. The average molecular weight is 301 g/mol. The number of benzene rings is 2. The third kappa shape index (κ3) is 2.81. The molecule has 0 atom stereocenters. The lowest BCUT2D eigenvalue weighted by atomic mass is 10.0. The van der Waals surface area contributed by atoms with Crippen LogP contribution in [0.25, 0.3) is 11.1 Å². The molecule has 0 bridgehead atoms. The second kappa shape index (κ2) is 6.10. The second-order valence-electron chi connectivity index (χ2n) is 4.45. The van der Waals surface area contributed by atoms with Crippen molar-refractivity contribution in [2.75, 3.05) is 0 Å². The molecule has 0 amide bonds. The van der Waals surface area contributed by atoms with E-state index < -0.39 is 9.85 Å². The van der Waals surface area contributed by atoms with Gasteiger partial charge in [0.15, 0.2) is 6.29 Å². The molecule has 0 aliphatic carbocycles. The van der Waals surface area contributed by atoms with E-state index in [1.165, 1.54) is 30.3 Å². The van der Waals surface area contributed by atoms with Crippen molar-refractivity contribution in [3.63, 3.8) is 0 Å². The van der Waals surface area contributed by atoms with E-state index in [-0.39, 0.29) is 23.5 Å². The molecule has 0 aliphatic rings. The third-order valence-corrected chi connectivity index (χ3v) is 3.19. The Kier molecular flexibility index (Phi) is 4.23. The first-order valence-corrected chi connectivity index (χ1v) is 6.19. The van der Waals surface area contributed by atoms with Crippen LogP contribution < -0.4 is 5.73 Å². The van der Waals surface area contributed by atoms with Crippen LogP contribution in [0.4, 0.5) is 11.4 Å². The van der Waals surface area contributed by atoms with E-state index >= 15 is 0 Å². The Hall–Kier alpha value is -3.13. The van der Waals surface area contributed by atoms with Crippen molar-refractivity contribution in [1.29, 1.82) is 0 Å². The summed E-state index contributed by atoms with van der Waals surface area (Å²) in [4.78, 5) is 31.6. The zero-order valence-corrected chi connectivity index (χ0v) is 11.3. The fraction of sp³-hybridized carbons (Fsp3) is 0.0714. The summed E-state index contributed by atoms with van der Waals surface area (Å²) in [6, 6.07) is 8.43. The summed E-state index contributed by atoms with van der Waals surface area (Å²) < 4.78 is 0. The zero-order valence-electron chi connectivity index (χ0n) is 11.3. The first-order chi connectivity index (χ1) is 10.5. The maximum atomic E-state index is 11.0. The van der Waals surface area contributed by atoms with E-state index in [2.05, 4.69) is 0 Å². The second-order valence-corrected chi connectivity index (χ2v) is 4.45. The molecule has 22 heavy (non-hydrogen) atoms. The number of aldehydes is 1. The highest BCUT2D eigenvalue weighted by Gasteiger charge is 2.17. The van der Waals surface area contributed by atoms with Gasteiger partial charge in [-0.2, -0.15) is 0 Å². The quantitative estimate of drug-likeness (QED) is 0.513. The Bertz CT molecular complexity index is 773. The molecule has 0 fully saturated rings. The van der Waals surface area contributed by atoms with Crippen molar-refractivity contribution in [2.45, 2.75) is 6.54 Å². The van der Waals surface area contributed by atoms with Crippen molar-refractivity contribution < 1.29 is 14.6 Å². The van der Waals surface area contributed by atoms with Crippen LogP contribution in [0.5, 0.6) is 0 Å². The van der Waals surface area contributed by atoms with Gasteiger partial charge in [0.05, 0.1) is 15.4 Å². The van der Waals surface area contributed by atoms with Gasteiger partial charge >= 0.3 is 0 Å². The molecule has 0 radical (unpaired) electrons. The highest BCUT2D eigenvalue weighted by atomic mass is 16.6. The molecule has 0 aromatic heterocycles. The Morgan fingerprint density at radius 3 is 2.00 bits per heavy atom. The van der Waals surface area contributed by atoms with Crippen molar-refractivity contribution >= 4 is 17.7 Å². The lowest BCUT2D eigenvalue weighted by Gasteiger charge is -2.06. The average Bonchev–Trinajstić information content (AvgIpc) is 2.53. The minimum atomic E-state index is -0.671. The van der Waals surface area contributed by atoms with Gasteiger partial charge in [-0.3, -0.25) is 25.0 Å². The summed E-state index contributed by atoms with van der Waals surface area (Å²) in [6.45, 7) is 0.0147. The Morgan fingerprint density at radius 1 is 0.955 bits per heavy atom. The molecule has 0 aliphatic heterocycles. The maximum Gasteiger partial charge on any atom is 0.280 e. The van der Waals surface area contributed by atoms with Crippen LogP contribution in [0.2, 0.25) is 0 Å². The number of nitrogens with zero attached hydrogens (tertiary/aromatic N) is 2. The van der Waals surface area contributed by atoms with Gasteiger partial charge in [0.1, 0.15) is 0 Å². The Labute approximate surface area is 124 Å². The first kappa shape index (κ1) is 15.3. The molecule has 2 N–H and O–H groups in total. The summed E-state index contributed by atoms with van der Waals surface area (Å²) in [5.41, 5.74) is 6.10. The summed E-state index contributed by atoms with van der Waals surface area (Å²) in [5.74, 6) is 0. The van der Waals surface area contributed by atoms with Gasteiger partial charge in [0.25, 0.3) is 11.4 Å². The number of carbonyl (C=O) groups is 1. The van der Waals surface area contributed by atoms with Gasteiger partial charge in [-0.05, 0) is 17.2 Å². The predicted molar refractivity (Wildman–Crippen MR) is 78.5 cm³/mol. The number of nitro groups is 2. The largest absolute Gasteiger partial charge is 0.326 e. The molecule has 0 saturated heterocycles. The number of nitrogens with two attached hydrogens (primary N) is 1. The van der Waals surface area contributed by atoms with E-state index in [9.17, 15) is 25.0 Å². The van der Waals surface area contributed by atoms with E-state index in [0.29, 0.717) is 23.0 Å². The molecule has 0 spiro atoms. The van der Waals surface area contributed by atoms with Crippen LogP contribution in [0, 0.1) is 20.2 Å². The van der Waals surface area contributed by atoms with Gasteiger partial charge in [-0.15, -0.1) is 0 Å². The highest BCUT2D eigenvalue weighted by Crippen LogP contribution is 2.30. The molecule has 112 valence electrons. The minimum Gasteiger partial charge on any atom is -0.326 e. The lowest BCUT2D eigenvalue weighted by Crippen LogP contribution is -2.02. The van der Waals surface area contributed by atoms with Gasteiger partial charge in [0, 0.05) is 24.2 Å². The molecule has 2 rings (SSSR count). The number of carbonyl (C=O) groups excluding carboxylic acids is 1. The normalized spacial score (nSPS) is 10.2. The van der Waals surface area contributed by atoms with Crippen molar-refractivity contribution in [2.24, 2.45) is 5.73 Å². The topological polar surface area (TPSA) is 129 Å². The number of hydrogen-bond donors (Lipinski definition) is 1. The number of nitro benzene ring substituents is 2. The van der Waals surface area contributed by atoms with Crippen LogP contribution in [-0.4, -0.2) is 16.1 Å². The molecular weight excluding hydrogens is 290 g/mol. The minimum absolute atomic E-state index is 0.0147. The molecule has 8 nitrogen and oxygen atoms in total. The van der Waals surface area contributed by atoms with E-state index in [0.717, 1.165) is 0 Å². The monoisotopic (exact) mass is 301 g/mol. The van der Waals surface area contributed by atoms with Crippen molar-refractivity contribution in [3.05, 3.63) is 67.8 Å². The molecule has 0 unspecified atom stereocenters.